The SMILES string of the molecule is CC(=O)NC1(c2ccccc2)CCN(Cc2c(C)nc3ccccn23)CC1. The molecule has 140 valence electrons. The molecule has 0 radical (unpaired) electrons. The summed E-state index contributed by atoms with van der Waals surface area (Å²) in [5.74, 6) is 0.0323. The summed E-state index contributed by atoms with van der Waals surface area (Å²) in [6.07, 6.45) is 3.90. The van der Waals surface area contributed by atoms with E-state index in [2.05, 4.69) is 44.9 Å². The lowest BCUT2D eigenvalue weighted by Gasteiger charge is -2.42. The predicted molar refractivity (Wildman–Crippen MR) is 106 cm³/mol. The quantitative estimate of drug-likeness (QED) is 0.775. The van der Waals surface area contributed by atoms with E-state index in [-0.39, 0.29) is 11.4 Å². The zero-order valence-corrected chi connectivity index (χ0v) is 16.0. The molecule has 3 heterocycles. The molecule has 1 aromatic carbocycles. The minimum absolute atomic E-state index is 0.0323. The van der Waals surface area contributed by atoms with Gasteiger partial charge in [-0.1, -0.05) is 36.4 Å². The summed E-state index contributed by atoms with van der Waals surface area (Å²) >= 11 is 0. The van der Waals surface area contributed by atoms with Crippen molar-refractivity contribution >= 4 is 11.6 Å². The summed E-state index contributed by atoms with van der Waals surface area (Å²) in [5, 5.41) is 3.25. The molecule has 27 heavy (non-hydrogen) atoms. The second kappa shape index (κ2) is 7.16. The van der Waals surface area contributed by atoms with Crippen LogP contribution in [0.1, 0.15) is 36.7 Å². The Hall–Kier alpha value is -2.66. The summed E-state index contributed by atoms with van der Waals surface area (Å²) in [4.78, 5) is 19.0. The third-order valence-corrected chi connectivity index (χ3v) is 5.65. The fourth-order valence-electron chi connectivity index (χ4n) is 4.24. The lowest BCUT2D eigenvalue weighted by atomic mass is 9.80. The van der Waals surface area contributed by atoms with Crippen molar-refractivity contribution in [1.29, 1.82) is 0 Å². The molecular formula is C22H26N4O. The first-order valence-corrected chi connectivity index (χ1v) is 9.57. The summed E-state index contributed by atoms with van der Waals surface area (Å²) in [7, 11) is 0. The summed E-state index contributed by atoms with van der Waals surface area (Å²) in [6.45, 7) is 6.45. The molecule has 1 aliphatic rings. The molecule has 0 aliphatic carbocycles. The van der Waals surface area contributed by atoms with Crippen LogP contribution in [-0.2, 0) is 16.9 Å². The van der Waals surface area contributed by atoms with Crippen molar-refractivity contribution in [3.63, 3.8) is 0 Å². The van der Waals surface area contributed by atoms with E-state index in [0.717, 1.165) is 43.8 Å². The van der Waals surface area contributed by atoms with Crippen molar-refractivity contribution in [2.45, 2.75) is 38.8 Å². The van der Waals surface area contributed by atoms with E-state index in [1.807, 2.05) is 36.4 Å². The van der Waals surface area contributed by atoms with Gasteiger partial charge in [0.25, 0.3) is 0 Å². The topological polar surface area (TPSA) is 49.6 Å². The minimum atomic E-state index is -0.266. The van der Waals surface area contributed by atoms with Gasteiger partial charge < -0.3 is 9.72 Å². The molecule has 5 heteroatoms. The van der Waals surface area contributed by atoms with Crippen molar-refractivity contribution in [3.05, 3.63) is 71.7 Å². The van der Waals surface area contributed by atoms with Gasteiger partial charge in [-0.25, -0.2) is 4.98 Å². The number of pyridine rings is 1. The molecule has 0 atom stereocenters. The molecule has 1 aliphatic heterocycles. The number of aryl methyl sites for hydroxylation is 1. The zero-order valence-electron chi connectivity index (χ0n) is 16.0. The van der Waals surface area contributed by atoms with E-state index < -0.39 is 0 Å². The third kappa shape index (κ3) is 3.47. The highest BCUT2D eigenvalue weighted by atomic mass is 16.1. The molecule has 1 N–H and O–H groups in total. The van der Waals surface area contributed by atoms with Gasteiger partial charge in [0, 0.05) is 32.8 Å². The van der Waals surface area contributed by atoms with E-state index in [1.54, 1.807) is 6.92 Å². The zero-order chi connectivity index (χ0) is 18.9. The molecule has 5 nitrogen and oxygen atoms in total. The fraction of sp³-hybridized carbons (Fsp3) is 0.364. The number of hydrogen-bond donors (Lipinski definition) is 1. The van der Waals surface area contributed by atoms with Crippen LogP contribution in [-0.4, -0.2) is 33.3 Å². The van der Waals surface area contributed by atoms with E-state index in [1.165, 1.54) is 11.3 Å². The summed E-state index contributed by atoms with van der Waals surface area (Å²) in [6, 6.07) is 16.5. The molecule has 1 fully saturated rings. The number of aromatic nitrogens is 2. The monoisotopic (exact) mass is 362 g/mol. The molecule has 0 unspecified atom stereocenters. The van der Waals surface area contributed by atoms with Crippen LogP contribution >= 0.6 is 0 Å². The number of likely N-dealkylation sites (tertiary alicyclic amines) is 1. The molecule has 0 spiro atoms. The second-order valence-corrected chi connectivity index (χ2v) is 7.48. The highest BCUT2D eigenvalue weighted by molar-refractivity contribution is 5.74. The maximum Gasteiger partial charge on any atom is 0.217 e. The normalized spacial score (nSPS) is 17.1. The number of amides is 1. The van der Waals surface area contributed by atoms with Gasteiger partial charge in [0.1, 0.15) is 5.65 Å². The maximum atomic E-state index is 11.9. The average Bonchev–Trinajstić information content (AvgIpc) is 2.99. The van der Waals surface area contributed by atoms with Crippen molar-refractivity contribution in [1.82, 2.24) is 19.6 Å². The van der Waals surface area contributed by atoms with Crippen LogP contribution in [0, 0.1) is 6.92 Å². The number of imidazole rings is 1. The first-order chi connectivity index (χ1) is 13.1. The highest BCUT2D eigenvalue weighted by Gasteiger charge is 2.37. The predicted octanol–water partition coefficient (Wildman–Crippen LogP) is 3.27. The molecular weight excluding hydrogens is 336 g/mol. The van der Waals surface area contributed by atoms with E-state index >= 15 is 0 Å². The Balaban J connectivity index is 1.53. The van der Waals surface area contributed by atoms with Crippen LogP contribution in [0.5, 0.6) is 0 Å². The van der Waals surface area contributed by atoms with Gasteiger partial charge in [-0.15, -0.1) is 0 Å². The third-order valence-electron chi connectivity index (χ3n) is 5.65. The Labute approximate surface area is 160 Å². The van der Waals surface area contributed by atoms with Gasteiger partial charge in [0.05, 0.1) is 16.9 Å². The molecule has 4 rings (SSSR count). The lowest BCUT2D eigenvalue weighted by Crippen LogP contribution is -2.52. The van der Waals surface area contributed by atoms with Crippen LogP contribution in [0.25, 0.3) is 5.65 Å². The van der Waals surface area contributed by atoms with Crippen LogP contribution in [0.15, 0.2) is 54.7 Å². The van der Waals surface area contributed by atoms with Gasteiger partial charge in [0.15, 0.2) is 0 Å². The highest BCUT2D eigenvalue weighted by Crippen LogP contribution is 2.33. The van der Waals surface area contributed by atoms with Crippen LogP contribution < -0.4 is 5.32 Å². The van der Waals surface area contributed by atoms with Crippen molar-refractivity contribution in [2.75, 3.05) is 13.1 Å². The molecule has 1 saturated heterocycles. The second-order valence-electron chi connectivity index (χ2n) is 7.48. The molecule has 0 bridgehead atoms. The Bertz CT molecular complexity index is 939. The van der Waals surface area contributed by atoms with Gasteiger partial charge in [-0.05, 0) is 37.5 Å². The fourth-order valence-corrected chi connectivity index (χ4v) is 4.24. The van der Waals surface area contributed by atoms with Gasteiger partial charge in [0.2, 0.25) is 5.91 Å². The standard InChI is InChI=1S/C22H26N4O/c1-17-20(26-13-7-6-10-21(26)23-17)16-25-14-11-22(12-15-25,24-18(2)27)19-8-4-3-5-9-19/h3-10,13H,11-12,14-16H2,1-2H3,(H,24,27). The molecule has 0 saturated carbocycles. The number of benzene rings is 1. The Kier molecular flexibility index (Phi) is 4.70. The van der Waals surface area contributed by atoms with Crippen LogP contribution in [0.4, 0.5) is 0 Å². The number of fused-ring (bicyclic) bond motifs is 1. The minimum Gasteiger partial charge on any atom is -0.347 e. The number of nitrogens with zero attached hydrogens (tertiary/aromatic N) is 3. The number of nitrogens with one attached hydrogen (secondary N) is 1. The number of carbonyl (C=O) groups excluding carboxylic acids is 1. The number of rotatable bonds is 4. The average molecular weight is 362 g/mol. The number of piperidine rings is 1. The Morgan fingerprint density at radius 2 is 1.81 bits per heavy atom. The molecule has 2 aromatic heterocycles. The van der Waals surface area contributed by atoms with E-state index in [0.29, 0.717) is 0 Å². The maximum absolute atomic E-state index is 11.9. The first kappa shape index (κ1) is 17.7. The molecule has 1 amide bonds. The van der Waals surface area contributed by atoms with E-state index in [4.69, 9.17) is 0 Å². The smallest absolute Gasteiger partial charge is 0.217 e. The lowest BCUT2D eigenvalue weighted by molar-refractivity contribution is -0.121. The Morgan fingerprint density at radius 1 is 1.11 bits per heavy atom. The van der Waals surface area contributed by atoms with E-state index in [9.17, 15) is 4.79 Å². The van der Waals surface area contributed by atoms with Gasteiger partial charge in [-0.3, -0.25) is 9.69 Å². The largest absolute Gasteiger partial charge is 0.347 e. The number of carbonyl (C=O) groups is 1. The summed E-state index contributed by atoms with van der Waals surface area (Å²) in [5.41, 5.74) is 4.27. The Morgan fingerprint density at radius 3 is 2.52 bits per heavy atom. The van der Waals surface area contributed by atoms with Crippen molar-refractivity contribution in [2.24, 2.45) is 0 Å². The number of hydrogen-bond acceptors (Lipinski definition) is 3. The first-order valence-electron chi connectivity index (χ1n) is 9.57. The van der Waals surface area contributed by atoms with Gasteiger partial charge >= 0.3 is 0 Å². The van der Waals surface area contributed by atoms with Gasteiger partial charge in [-0.2, -0.15) is 0 Å². The van der Waals surface area contributed by atoms with Crippen molar-refractivity contribution in [3.8, 4) is 0 Å². The van der Waals surface area contributed by atoms with Crippen LogP contribution in [0.3, 0.4) is 0 Å². The molecule has 3 aromatic rings. The van der Waals surface area contributed by atoms with Crippen molar-refractivity contribution < 1.29 is 4.79 Å². The summed E-state index contributed by atoms with van der Waals surface area (Å²) < 4.78 is 2.18. The van der Waals surface area contributed by atoms with Crippen LogP contribution in [0.2, 0.25) is 0 Å².